The van der Waals surface area contributed by atoms with Crippen LogP contribution in [0, 0.1) is 11.8 Å². The zero-order valence-electron chi connectivity index (χ0n) is 18.4. The highest BCUT2D eigenvalue weighted by atomic mass is 35.5. The standard InChI is InChI=1S/C22H24N2O9.ClH/c1-21(32)7-5-4-6-8(25)9(7)15(26)10-12(21)17(28)13-14(24(2)3)16(27)11(20(23)31)19(30)22(13,33)18(10)29;/h4-6,12-14,17,25-26,28,30,32-33H,1-3H3,(H2,23,31);1H/t12?,13?,14-,17-,21+,22-;/m1./s1. The van der Waals surface area contributed by atoms with E-state index in [1.807, 2.05) is 0 Å². The number of Topliss-reactive ketones (excluding diaryl/α,β-unsaturated/α-hetero) is 2. The molecule has 3 aliphatic rings. The average Bonchev–Trinajstić information content (AvgIpc) is 2.70. The Bertz CT molecular complexity index is 1190. The van der Waals surface area contributed by atoms with Gasteiger partial charge in [-0.15, -0.1) is 12.4 Å². The number of benzene rings is 1. The van der Waals surface area contributed by atoms with Crippen molar-refractivity contribution in [2.24, 2.45) is 17.6 Å². The van der Waals surface area contributed by atoms with Crippen LogP contribution >= 0.6 is 12.4 Å². The zero-order valence-corrected chi connectivity index (χ0v) is 19.2. The van der Waals surface area contributed by atoms with Crippen LogP contribution in [-0.2, 0) is 20.0 Å². The second-order valence-electron chi connectivity index (χ2n) is 9.06. The molecule has 11 nitrogen and oxygen atoms in total. The average molecular weight is 497 g/mol. The first-order chi connectivity index (χ1) is 15.2. The van der Waals surface area contributed by atoms with Gasteiger partial charge in [-0.2, -0.15) is 0 Å². The highest BCUT2D eigenvalue weighted by Crippen LogP contribution is 2.57. The number of carbonyl (C=O) groups excluding carboxylic acids is 3. The van der Waals surface area contributed by atoms with Crippen LogP contribution < -0.4 is 5.73 Å². The topological polar surface area (TPSA) is 202 Å². The fraction of sp³-hybridized carbons (Fsp3) is 0.409. The molecule has 8 N–H and O–H groups in total. The molecule has 1 aromatic carbocycles. The lowest BCUT2D eigenvalue weighted by Crippen LogP contribution is -2.71. The third kappa shape index (κ3) is 2.88. The third-order valence-corrected chi connectivity index (χ3v) is 7.03. The number of nitrogens with zero attached hydrogens (tertiary/aromatic N) is 1. The summed E-state index contributed by atoms with van der Waals surface area (Å²) in [4.78, 5) is 39.9. The number of aromatic hydroxyl groups is 1. The number of ketones is 2. The summed E-state index contributed by atoms with van der Waals surface area (Å²) < 4.78 is 0. The number of primary amides is 1. The minimum Gasteiger partial charge on any atom is -0.508 e. The summed E-state index contributed by atoms with van der Waals surface area (Å²) in [5, 5.41) is 66.3. The molecule has 0 saturated heterocycles. The number of fused-ring (bicyclic) bond motifs is 3. The number of hydrogen-bond donors (Lipinski definition) is 7. The van der Waals surface area contributed by atoms with Crippen molar-refractivity contribution >= 4 is 35.6 Å². The SMILES string of the molecule is CN(C)[C@H]1C(=O)C(C(N)=O)=C(O)[C@]2(O)C(=O)C3=C(O)c4c(O)cccc4[C@](C)(O)C3[C@@H](O)C12.Cl. The van der Waals surface area contributed by atoms with Gasteiger partial charge in [-0.25, -0.2) is 0 Å². The van der Waals surface area contributed by atoms with E-state index >= 15 is 0 Å². The van der Waals surface area contributed by atoms with Crippen LogP contribution in [0.25, 0.3) is 5.76 Å². The Morgan fingerprint density at radius 2 is 1.71 bits per heavy atom. The van der Waals surface area contributed by atoms with Crippen molar-refractivity contribution < 1.29 is 45.0 Å². The minimum absolute atomic E-state index is 0. The van der Waals surface area contributed by atoms with Crippen molar-refractivity contribution in [1.29, 1.82) is 0 Å². The van der Waals surface area contributed by atoms with E-state index in [9.17, 15) is 45.0 Å². The van der Waals surface area contributed by atoms with Crippen LogP contribution in [0.4, 0.5) is 0 Å². The van der Waals surface area contributed by atoms with E-state index in [1.54, 1.807) is 0 Å². The maximum absolute atomic E-state index is 13.7. The molecule has 6 atom stereocenters. The number of aliphatic hydroxyl groups excluding tert-OH is 3. The lowest BCUT2D eigenvalue weighted by atomic mass is 9.53. The van der Waals surface area contributed by atoms with Gasteiger partial charge in [0.2, 0.25) is 5.78 Å². The van der Waals surface area contributed by atoms with Crippen molar-refractivity contribution in [3.05, 3.63) is 46.2 Å². The predicted molar refractivity (Wildman–Crippen MR) is 119 cm³/mol. The molecule has 0 aromatic heterocycles. The van der Waals surface area contributed by atoms with E-state index in [1.165, 1.54) is 44.1 Å². The highest BCUT2D eigenvalue weighted by molar-refractivity contribution is 6.24. The second kappa shape index (κ2) is 7.79. The van der Waals surface area contributed by atoms with Gasteiger partial charge in [0.25, 0.3) is 5.91 Å². The Labute approximate surface area is 199 Å². The highest BCUT2D eigenvalue weighted by Gasteiger charge is 2.70. The molecule has 12 heteroatoms. The van der Waals surface area contributed by atoms with Crippen molar-refractivity contribution in [2.45, 2.75) is 30.3 Å². The molecular weight excluding hydrogens is 472 g/mol. The first-order valence-corrected chi connectivity index (χ1v) is 10.1. The Morgan fingerprint density at radius 1 is 1.12 bits per heavy atom. The van der Waals surface area contributed by atoms with E-state index in [4.69, 9.17) is 5.73 Å². The maximum atomic E-state index is 13.7. The largest absolute Gasteiger partial charge is 0.508 e. The molecule has 0 radical (unpaired) electrons. The summed E-state index contributed by atoms with van der Waals surface area (Å²) in [5.74, 6) is -9.67. The van der Waals surface area contributed by atoms with Crippen LogP contribution in [0.15, 0.2) is 35.1 Å². The number of phenols is 1. The summed E-state index contributed by atoms with van der Waals surface area (Å²) in [6, 6.07) is 2.50. The molecule has 0 bridgehead atoms. The van der Waals surface area contributed by atoms with Crippen LogP contribution in [-0.4, -0.2) is 84.9 Å². The first-order valence-electron chi connectivity index (χ1n) is 10.1. The fourth-order valence-corrected chi connectivity index (χ4v) is 5.60. The smallest absolute Gasteiger partial charge is 0.255 e. The maximum Gasteiger partial charge on any atom is 0.255 e. The molecule has 184 valence electrons. The molecule has 34 heavy (non-hydrogen) atoms. The lowest BCUT2D eigenvalue weighted by Gasteiger charge is -2.55. The number of amides is 1. The molecular formula is C22H25ClN2O9. The Balaban J connectivity index is 0.00000324. The van der Waals surface area contributed by atoms with Crippen LogP contribution in [0.5, 0.6) is 5.75 Å². The summed E-state index contributed by atoms with van der Waals surface area (Å²) >= 11 is 0. The third-order valence-electron chi connectivity index (χ3n) is 7.03. The first kappa shape index (κ1) is 25.7. The van der Waals surface area contributed by atoms with E-state index < -0.39 is 81.1 Å². The van der Waals surface area contributed by atoms with Crippen LogP contribution in [0.3, 0.4) is 0 Å². The van der Waals surface area contributed by atoms with Gasteiger partial charge in [-0.3, -0.25) is 19.3 Å². The molecule has 1 aromatic rings. The molecule has 1 fully saturated rings. The Kier molecular flexibility index (Phi) is 5.88. The van der Waals surface area contributed by atoms with Gasteiger partial charge in [0, 0.05) is 0 Å². The van der Waals surface area contributed by atoms with Crippen molar-refractivity contribution in [2.75, 3.05) is 14.1 Å². The van der Waals surface area contributed by atoms with Gasteiger partial charge in [0.05, 0.1) is 40.7 Å². The van der Waals surface area contributed by atoms with E-state index in [0.29, 0.717) is 0 Å². The lowest BCUT2D eigenvalue weighted by molar-refractivity contribution is -0.181. The van der Waals surface area contributed by atoms with Gasteiger partial charge in [0.1, 0.15) is 22.8 Å². The number of hydrogen-bond acceptors (Lipinski definition) is 10. The molecule has 2 unspecified atom stereocenters. The van der Waals surface area contributed by atoms with Gasteiger partial charge < -0.3 is 36.4 Å². The normalized spacial score (nSPS) is 34.9. The molecule has 1 saturated carbocycles. The van der Waals surface area contributed by atoms with E-state index in [2.05, 4.69) is 0 Å². The minimum atomic E-state index is -3.02. The second-order valence-corrected chi connectivity index (χ2v) is 9.06. The van der Waals surface area contributed by atoms with E-state index in [-0.39, 0.29) is 23.5 Å². The summed E-state index contributed by atoms with van der Waals surface area (Å²) in [7, 11) is 2.80. The quantitative estimate of drug-likeness (QED) is 0.249. The molecule has 3 aliphatic carbocycles. The predicted octanol–water partition coefficient (Wildman–Crippen LogP) is -0.978. The fourth-order valence-electron chi connectivity index (χ4n) is 5.60. The van der Waals surface area contributed by atoms with Crippen molar-refractivity contribution in [1.82, 2.24) is 4.90 Å². The number of aliphatic hydroxyl groups is 5. The number of phenolic OH excluding ortho intramolecular Hbond substituents is 1. The molecule has 4 rings (SSSR count). The van der Waals surface area contributed by atoms with Gasteiger partial charge in [0.15, 0.2) is 11.4 Å². The van der Waals surface area contributed by atoms with E-state index in [0.717, 1.165) is 0 Å². The number of nitrogens with two attached hydrogens (primary N) is 1. The van der Waals surface area contributed by atoms with Crippen LogP contribution in [0.2, 0.25) is 0 Å². The molecule has 0 heterocycles. The summed E-state index contributed by atoms with van der Waals surface area (Å²) in [5.41, 5.74) is -1.78. The van der Waals surface area contributed by atoms with Crippen LogP contribution in [0.1, 0.15) is 18.1 Å². The van der Waals surface area contributed by atoms with Gasteiger partial charge in [-0.05, 0) is 32.6 Å². The Hall–Kier alpha value is -2.96. The van der Waals surface area contributed by atoms with Crippen molar-refractivity contribution in [3.63, 3.8) is 0 Å². The van der Waals surface area contributed by atoms with Gasteiger partial charge in [-0.1, -0.05) is 12.1 Å². The Morgan fingerprint density at radius 3 is 2.24 bits per heavy atom. The number of likely N-dealkylation sites (N-methyl/N-ethyl adjacent to an activating group) is 1. The van der Waals surface area contributed by atoms with Crippen molar-refractivity contribution in [3.8, 4) is 5.75 Å². The number of carbonyl (C=O) groups is 3. The molecule has 1 amide bonds. The molecule has 0 aliphatic heterocycles. The number of halogens is 1. The zero-order chi connectivity index (χ0) is 24.8. The van der Waals surface area contributed by atoms with Gasteiger partial charge >= 0.3 is 0 Å². The number of rotatable bonds is 2. The molecule has 0 spiro atoms. The summed E-state index contributed by atoms with van der Waals surface area (Å²) in [6.07, 6.45) is -1.87. The summed E-state index contributed by atoms with van der Waals surface area (Å²) in [6.45, 7) is 1.25. The monoisotopic (exact) mass is 496 g/mol.